The van der Waals surface area contributed by atoms with E-state index in [0.717, 1.165) is 12.8 Å². The maximum atomic E-state index is 11.6. The zero-order valence-corrected chi connectivity index (χ0v) is 16.0. The lowest BCUT2D eigenvalue weighted by Gasteiger charge is -2.34. The molecule has 0 amide bonds. The maximum Gasteiger partial charge on any atom is 0.331 e. The number of amidine groups is 1. The molecule has 2 aliphatic rings. The molecule has 2 aromatic rings. The van der Waals surface area contributed by atoms with Gasteiger partial charge in [0.2, 0.25) is 0 Å². The summed E-state index contributed by atoms with van der Waals surface area (Å²) in [5, 5.41) is 10.1. The van der Waals surface area contributed by atoms with E-state index in [9.17, 15) is 9.90 Å². The number of halogens is 1. The van der Waals surface area contributed by atoms with Crippen LogP contribution in [0.4, 0.5) is 0 Å². The summed E-state index contributed by atoms with van der Waals surface area (Å²) in [5.41, 5.74) is -1.03. The van der Waals surface area contributed by atoms with E-state index in [2.05, 4.69) is 19.9 Å². The predicted molar refractivity (Wildman–Crippen MR) is 105 cm³/mol. The Morgan fingerprint density at radius 2 is 1.86 bits per heavy atom. The Bertz CT molecular complexity index is 878. The van der Waals surface area contributed by atoms with E-state index in [4.69, 9.17) is 16.3 Å². The van der Waals surface area contributed by atoms with Gasteiger partial charge >= 0.3 is 5.97 Å². The highest BCUT2D eigenvalue weighted by Gasteiger charge is 2.51. The molecule has 1 aromatic carbocycles. The van der Waals surface area contributed by atoms with Crippen molar-refractivity contribution in [2.45, 2.75) is 37.3 Å². The Kier molecular flexibility index (Phi) is 5.17. The van der Waals surface area contributed by atoms with Crippen LogP contribution in [0.25, 0.3) is 0 Å². The highest BCUT2D eigenvalue weighted by Crippen LogP contribution is 2.40. The van der Waals surface area contributed by atoms with Gasteiger partial charge in [-0.3, -0.25) is 0 Å². The Morgan fingerprint density at radius 1 is 1.18 bits per heavy atom. The lowest BCUT2D eigenvalue weighted by molar-refractivity contribution is -0.139. The molecule has 0 radical (unpaired) electrons. The van der Waals surface area contributed by atoms with E-state index in [1.165, 1.54) is 0 Å². The van der Waals surface area contributed by atoms with Crippen molar-refractivity contribution in [2.75, 3.05) is 13.1 Å². The molecule has 0 bridgehead atoms. The third-order valence-electron chi connectivity index (χ3n) is 5.08. The summed E-state index contributed by atoms with van der Waals surface area (Å²) in [6, 6.07) is 9.17. The van der Waals surface area contributed by atoms with Crippen LogP contribution in [0.1, 0.15) is 31.5 Å². The fourth-order valence-corrected chi connectivity index (χ4v) is 3.46. The fourth-order valence-electron chi connectivity index (χ4n) is 3.28. The van der Waals surface area contributed by atoms with Crippen molar-refractivity contribution in [2.24, 2.45) is 4.99 Å². The van der Waals surface area contributed by atoms with Crippen molar-refractivity contribution >= 4 is 23.4 Å². The van der Waals surface area contributed by atoms with Crippen LogP contribution < -0.4 is 4.74 Å². The predicted octanol–water partition coefficient (Wildman–Crippen LogP) is 3.04. The number of aliphatic carboxylic acids is 1. The summed E-state index contributed by atoms with van der Waals surface area (Å²) in [6.07, 6.45) is 5.98. The van der Waals surface area contributed by atoms with Crippen molar-refractivity contribution in [3.05, 3.63) is 53.6 Å². The quantitative estimate of drug-likeness (QED) is 0.613. The van der Waals surface area contributed by atoms with Gasteiger partial charge in [-0.15, -0.1) is 0 Å². The molecular formula is C20H21ClN4O3. The second kappa shape index (κ2) is 7.75. The summed E-state index contributed by atoms with van der Waals surface area (Å²) < 4.78 is 6.05. The molecule has 146 valence electrons. The lowest BCUT2D eigenvalue weighted by Crippen LogP contribution is -2.43. The van der Waals surface area contributed by atoms with Gasteiger partial charge in [0.05, 0.1) is 5.02 Å². The minimum atomic E-state index is -1.03. The number of piperidine rings is 1. The van der Waals surface area contributed by atoms with E-state index in [-0.39, 0.29) is 6.10 Å². The monoisotopic (exact) mass is 400 g/mol. The van der Waals surface area contributed by atoms with Crippen LogP contribution in [0.15, 0.2) is 47.7 Å². The van der Waals surface area contributed by atoms with Gasteiger partial charge in [0, 0.05) is 38.3 Å². The second-order valence-corrected chi connectivity index (χ2v) is 7.49. The number of benzene rings is 1. The molecule has 2 fully saturated rings. The number of para-hydroxylation sites is 1. The first kappa shape index (κ1) is 18.7. The van der Waals surface area contributed by atoms with Crippen LogP contribution in [0.3, 0.4) is 0 Å². The first-order chi connectivity index (χ1) is 13.6. The number of aromatic nitrogens is 2. The number of ether oxygens (including phenoxy) is 1. The molecule has 2 heterocycles. The van der Waals surface area contributed by atoms with E-state index in [0.29, 0.717) is 48.4 Å². The van der Waals surface area contributed by atoms with Crippen LogP contribution >= 0.6 is 11.6 Å². The molecule has 1 N–H and O–H groups in total. The topological polar surface area (TPSA) is 87.9 Å². The highest BCUT2D eigenvalue weighted by molar-refractivity contribution is 6.32. The van der Waals surface area contributed by atoms with Gasteiger partial charge < -0.3 is 14.7 Å². The maximum absolute atomic E-state index is 11.6. The number of nitrogens with zero attached hydrogens (tertiary/aromatic N) is 4. The molecule has 1 saturated carbocycles. The molecule has 0 spiro atoms. The number of hydrogen-bond acceptors (Lipinski definition) is 5. The van der Waals surface area contributed by atoms with Crippen molar-refractivity contribution < 1.29 is 14.6 Å². The van der Waals surface area contributed by atoms with Crippen LogP contribution in [0.2, 0.25) is 5.02 Å². The molecule has 8 heteroatoms. The third kappa shape index (κ3) is 3.94. The van der Waals surface area contributed by atoms with E-state index in [1.54, 1.807) is 18.5 Å². The highest BCUT2D eigenvalue weighted by atomic mass is 35.5. The van der Waals surface area contributed by atoms with E-state index < -0.39 is 11.5 Å². The molecule has 28 heavy (non-hydrogen) atoms. The number of carbonyl (C=O) groups is 1. The van der Waals surface area contributed by atoms with Gasteiger partial charge in [-0.2, -0.15) is 0 Å². The Morgan fingerprint density at radius 3 is 2.46 bits per heavy atom. The van der Waals surface area contributed by atoms with Crippen molar-refractivity contribution in [3.63, 3.8) is 0 Å². The van der Waals surface area contributed by atoms with Crippen molar-refractivity contribution in [1.29, 1.82) is 0 Å². The normalized spacial score (nSPS) is 19.3. The van der Waals surface area contributed by atoms with Gasteiger partial charge in [-0.25, -0.2) is 19.8 Å². The van der Waals surface area contributed by atoms with Crippen LogP contribution in [-0.4, -0.2) is 56.5 Å². The van der Waals surface area contributed by atoms with Gasteiger partial charge in [-0.1, -0.05) is 23.7 Å². The number of hydrogen-bond donors (Lipinski definition) is 1. The Labute approximate surface area is 168 Å². The van der Waals surface area contributed by atoms with Gasteiger partial charge in [0.1, 0.15) is 11.9 Å². The lowest BCUT2D eigenvalue weighted by atomic mass is 10.1. The minimum Gasteiger partial charge on any atom is -0.489 e. The first-order valence-electron chi connectivity index (χ1n) is 9.34. The smallest absolute Gasteiger partial charge is 0.331 e. The number of rotatable bonds is 5. The summed E-state index contributed by atoms with van der Waals surface area (Å²) in [7, 11) is 0. The average Bonchev–Trinajstić information content (AvgIpc) is 3.51. The number of carboxylic acid groups (broad SMARTS) is 1. The Balaban J connectivity index is 1.49. The SMILES string of the molecule is O=C(O)C1(/N=C(\c2ncccn2)N2CCC(Oc3ccccc3Cl)CC2)CC1. The van der Waals surface area contributed by atoms with Crippen molar-refractivity contribution in [1.82, 2.24) is 14.9 Å². The zero-order valence-electron chi connectivity index (χ0n) is 15.3. The van der Waals surface area contributed by atoms with Crippen LogP contribution in [0, 0.1) is 0 Å². The number of aliphatic imine (C=N–C) groups is 1. The fraction of sp³-hybridized carbons (Fsp3) is 0.400. The molecule has 4 rings (SSSR count). The number of carboxylic acids is 1. The van der Waals surface area contributed by atoms with Gasteiger partial charge in [-0.05, 0) is 31.0 Å². The summed E-state index contributed by atoms with van der Waals surface area (Å²) in [4.78, 5) is 26.9. The molecule has 1 aromatic heterocycles. The molecular weight excluding hydrogens is 380 g/mol. The first-order valence-corrected chi connectivity index (χ1v) is 9.72. The second-order valence-electron chi connectivity index (χ2n) is 7.08. The van der Waals surface area contributed by atoms with E-state index in [1.807, 2.05) is 24.3 Å². The summed E-state index contributed by atoms with van der Waals surface area (Å²) in [5.74, 6) is 0.806. The standard InChI is InChI=1S/C20H21ClN4O3/c21-15-4-1-2-5-16(15)28-14-6-12-25(13-7-14)18(17-22-10-3-11-23-17)24-20(8-9-20)19(26)27/h1-5,10-11,14H,6-9,12-13H2,(H,26,27)/b24-18+. The molecule has 1 saturated heterocycles. The molecule has 1 aliphatic heterocycles. The third-order valence-corrected chi connectivity index (χ3v) is 5.39. The minimum absolute atomic E-state index is 0.0449. The number of likely N-dealkylation sites (tertiary alicyclic amines) is 1. The average molecular weight is 401 g/mol. The van der Waals surface area contributed by atoms with Crippen molar-refractivity contribution in [3.8, 4) is 5.75 Å². The van der Waals surface area contributed by atoms with Gasteiger partial charge in [0.25, 0.3) is 0 Å². The summed E-state index contributed by atoms with van der Waals surface area (Å²) >= 11 is 6.19. The Hall–Kier alpha value is -2.67. The van der Waals surface area contributed by atoms with Gasteiger partial charge in [0.15, 0.2) is 17.2 Å². The summed E-state index contributed by atoms with van der Waals surface area (Å²) in [6.45, 7) is 1.36. The van der Waals surface area contributed by atoms with Crippen LogP contribution in [0.5, 0.6) is 5.75 Å². The molecule has 7 nitrogen and oxygen atoms in total. The van der Waals surface area contributed by atoms with Crippen LogP contribution in [-0.2, 0) is 4.79 Å². The molecule has 0 atom stereocenters. The van der Waals surface area contributed by atoms with E-state index >= 15 is 0 Å². The molecule has 0 unspecified atom stereocenters. The largest absolute Gasteiger partial charge is 0.489 e. The molecule has 1 aliphatic carbocycles. The zero-order chi connectivity index (χ0) is 19.6.